The molecule has 2 amide bonds. The minimum Gasteiger partial charge on any atom is -0.338 e. The first-order valence-electron chi connectivity index (χ1n) is 9.83. The van der Waals surface area contributed by atoms with E-state index in [0.717, 1.165) is 30.5 Å². The van der Waals surface area contributed by atoms with Gasteiger partial charge in [-0.05, 0) is 42.0 Å². The number of amides is 2. The van der Waals surface area contributed by atoms with Crippen LogP contribution in [0.3, 0.4) is 0 Å². The van der Waals surface area contributed by atoms with Crippen LogP contribution in [-0.2, 0) is 22.4 Å². The Balaban J connectivity index is 1.51. The van der Waals surface area contributed by atoms with Crippen molar-refractivity contribution < 1.29 is 9.59 Å². The summed E-state index contributed by atoms with van der Waals surface area (Å²) in [6, 6.07) is 16.5. The molecule has 4 rings (SSSR count). The zero-order valence-electron chi connectivity index (χ0n) is 16.0. The van der Waals surface area contributed by atoms with Gasteiger partial charge in [-0.3, -0.25) is 9.59 Å². The van der Waals surface area contributed by atoms with E-state index in [1.54, 1.807) is 4.90 Å². The lowest BCUT2D eigenvalue weighted by atomic mass is 10.0. The smallest absolute Gasteiger partial charge is 0.228 e. The maximum atomic E-state index is 13.2. The van der Waals surface area contributed by atoms with Crippen LogP contribution in [0.15, 0.2) is 48.5 Å². The van der Waals surface area contributed by atoms with Crippen molar-refractivity contribution in [2.24, 2.45) is 5.92 Å². The van der Waals surface area contributed by atoms with Crippen LogP contribution in [0.4, 0.5) is 5.69 Å². The number of fused-ring (bicyclic) bond motifs is 1. The van der Waals surface area contributed by atoms with Crippen LogP contribution < -0.4 is 4.90 Å². The zero-order chi connectivity index (χ0) is 19.0. The lowest BCUT2D eigenvalue weighted by Crippen LogP contribution is -2.36. The molecule has 2 unspecified atom stereocenters. The summed E-state index contributed by atoms with van der Waals surface area (Å²) in [5, 5.41) is 0. The highest BCUT2D eigenvalue weighted by Gasteiger charge is 2.39. The molecule has 1 heterocycles. The molecule has 0 aromatic heterocycles. The Morgan fingerprint density at radius 1 is 1.15 bits per heavy atom. The molecular formula is C23H26N2O2. The Bertz CT molecular complexity index is 876. The van der Waals surface area contributed by atoms with Crippen LogP contribution in [0, 0.1) is 5.92 Å². The van der Waals surface area contributed by atoms with E-state index in [4.69, 9.17) is 0 Å². The molecule has 4 heteroatoms. The van der Waals surface area contributed by atoms with Gasteiger partial charge >= 0.3 is 0 Å². The maximum Gasteiger partial charge on any atom is 0.228 e. The summed E-state index contributed by atoms with van der Waals surface area (Å²) in [7, 11) is 1.89. The van der Waals surface area contributed by atoms with Gasteiger partial charge in [0.05, 0.1) is 12.0 Å². The van der Waals surface area contributed by atoms with Crippen LogP contribution in [0.25, 0.3) is 0 Å². The van der Waals surface area contributed by atoms with Crippen molar-refractivity contribution in [1.82, 2.24) is 4.90 Å². The van der Waals surface area contributed by atoms with Crippen LogP contribution in [0.1, 0.15) is 42.5 Å². The third-order valence-electron chi connectivity index (χ3n) is 6.05. The Kier molecular flexibility index (Phi) is 4.73. The molecule has 0 spiro atoms. The molecule has 0 N–H and O–H groups in total. The van der Waals surface area contributed by atoms with Crippen LogP contribution in [-0.4, -0.2) is 30.3 Å². The molecule has 0 bridgehead atoms. The number of carbonyl (C=O) groups is 2. The molecule has 4 nitrogen and oxygen atoms in total. The third-order valence-corrected chi connectivity index (χ3v) is 6.05. The molecule has 2 aromatic rings. The van der Waals surface area contributed by atoms with Gasteiger partial charge < -0.3 is 9.80 Å². The summed E-state index contributed by atoms with van der Waals surface area (Å²) in [4.78, 5) is 29.5. The molecule has 0 saturated carbocycles. The maximum absolute atomic E-state index is 13.2. The SMILES string of the molecule is CCc1ccccc1N1CC(C(=O)N(C)C2CCc3ccccc32)CC1=O. The van der Waals surface area contributed by atoms with Crippen molar-refractivity contribution in [3.63, 3.8) is 0 Å². The highest BCUT2D eigenvalue weighted by Crippen LogP contribution is 2.37. The molecule has 2 aromatic carbocycles. The second-order valence-electron chi connectivity index (χ2n) is 7.59. The first-order valence-corrected chi connectivity index (χ1v) is 9.83. The van der Waals surface area contributed by atoms with Gasteiger partial charge in [0.25, 0.3) is 0 Å². The van der Waals surface area contributed by atoms with Gasteiger partial charge in [-0.15, -0.1) is 0 Å². The van der Waals surface area contributed by atoms with Crippen molar-refractivity contribution in [2.75, 3.05) is 18.5 Å². The largest absolute Gasteiger partial charge is 0.338 e. The standard InChI is InChI=1S/C23H26N2O2/c1-3-16-8-5-7-11-20(16)25-15-18(14-22(25)26)23(27)24(2)21-13-12-17-9-4-6-10-19(17)21/h4-11,18,21H,3,12-15H2,1-2H3. The Morgan fingerprint density at radius 3 is 2.70 bits per heavy atom. The zero-order valence-corrected chi connectivity index (χ0v) is 16.0. The minimum absolute atomic E-state index is 0.0504. The summed E-state index contributed by atoms with van der Waals surface area (Å²) < 4.78 is 0. The third kappa shape index (κ3) is 3.14. The molecule has 140 valence electrons. The van der Waals surface area contributed by atoms with Crippen molar-refractivity contribution in [2.45, 2.75) is 38.6 Å². The number of benzene rings is 2. The lowest BCUT2D eigenvalue weighted by Gasteiger charge is -2.28. The average molecular weight is 362 g/mol. The topological polar surface area (TPSA) is 40.6 Å². The summed E-state index contributed by atoms with van der Waals surface area (Å²) in [5.74, 6) is -0.129. The summed E-state index contributed by atoms with van der Waals surface area (Å²) in [6.45, 7) is 2.57. The van der Waals surface area contributed by atoms with E-state index in [2.05, 4.69) is 31.2 Å². The number of hydrogen-bond donors (Lipinski definition) is 0. The van der Waals surface area contributed by atoms with E-state index in [0.29, 0.717) is 13.0 Å². The van der Waals surface area contributed by atoms with Gasteiger partial charge in [0.15, 0.2) is 0 Å². The van der Waals surface area contributed by atoms with Crippen molar-refractivity contribution in [3.8, 4) is 0 Å². The molecule has 2 atom stereocenters. The highest BCUT2D eigenvalue weighted by atomic mass is 16.2. The van der Waals surface area contributed by atoms with Gasteiger partial charge in [0.2, 0.25) is 11.8 Å². The lowest BCUT2D eigenvalue weighted by molar-refractivity contribution is -0.136. The first kappa shape index (κ1) is 17.8. The van der Waals surface area contributed by atoms with E-state index in [-0.39, 0.29) is 23.8 Å². The van der Waals surface area contributed by atoms with Crippen LogP contribution in [0.5, 0.6) is 0 Å². The number of rotatable bonds is 4. The Hall–Kier alpha value is -2.62. The molecule has 2 aliphatic rings. The van der Waals surface area contributed by atoms with Gasteiger partial charge in [-0.1, -0.05) is 49.4 Å². The molecular weight excluding hydrogens is 336 g/mol. The summed E-state index contributed by atoms with van der Waals surface area (Å²) in [6.07, 6.45) is 3.15. The van der Waals surface area contributed by atoms with E-state index < -0.39 is 0 Å². The Labute approximate surface area is 160 Å². The molecule has 1 aliphatic heterocycles. The predicted molar refractivity (Wildman–Crippen MR) is 107 cm³/mol. The summed E-state index contributed by atoms with van der Waals surface area (Å²) in [5.41, 5.74) is 4.69. The minimum atomic E-state index is -0.264. The van der Waals surface area contributed by atoms with E-state index in [1.807, 2.05) is 36.2 Å². The van der Waals surface area contributed by atoms with Gasteiger partial charge in [-0.25, -0.2) is 0 Å². The molecule has 1 fully saturated rings. The fraction of sp³-hybridized carbons (Fsp3) is 0.391. The van der Waals surface area contributed by atoms with Crippen molar-refractivity contribution in [3.05, 3.63) is 65.2 Å². The molecule has 1 saturated heterocycles. The van der Waals surface area contributed by atoms with E-state index in [9.17, 15) is 9.59 Å². The highest BCUT2D eigenvalue weighted by molar-refractivity contribution is 6.00. The number of carbonyl (C=O) groups excluding carboxylic acids is 2. The van der Waals surface area contributed by atoms with Crippen molar-refractivity contribution in [1.29, 1.82) is 0 Å². The monoisotopic (exact) mass is 362 g/mol. The first-order chi connectivity index (χ1) is 13.1. The number of nitrogens with zero attached hydrogens (tertiary/aromatic N) is 2. The molecule has 1 aliphatic carbocycles. The number of hydrogen-bond acceptors (Lipinski definition) is 2. The van der Waals surface area contributed by atoms with Gasteiger partial charge in [0.1, 0.15) is 0 Å². The number of anilines is 1. The molecule has 0 radical (unpaired) electrons. The summed E-state index contributed by atoms with van der Waals surface area (Å²) >= 11 is 0. The fourth-order valence-corrected chi connectivity index (χ4v) is 4.56. The molecule has 27 heavy (non-hydrogen) atoms. The second-order valence-corrected chi connectivity index (χ2v) is 7.59. The normalized spacial score (nSPS) is 21.4. The fourth-order valence-electron chi connectivity index (χ4n) is 4.56. The number of aryl methyl sites for hydroxylation is 2. The number of para-hydroxylation sites is 1. The predicted octanol–water partition coefficient (Wildman–Crippen LogP) is 3.75. The van der Waals surface area contributed by atoms with Crippen molar-refractivity contribution >= 4 is 17.5 Å². The van der Waals surface area contributed by atoms with E-state index >= 15 is 0 Å². The Morgan fingerprint density at radius 2 is 1.89 bits per heavy atom. The van der Waals surface area contributed by atoms with Crippen LogP contribution in [0.2, 0.25) is 0 Å². The van der Waals surface area contributed by atoms with Gasteiger partial charge in [-0.2, -0.15) is 0 Å². The van der Waals surface area contributed by atoms with Gasteiger partial charge in [0, 0.05) is 25.7 Å². The second kappa shape index (κ2) is 7.18. The average Bonchev–Trinajstić information content (AvgIpc) is 3.30. The van der Waals surface area contributed by atoms with E-state index in [1.165, 1.54) is 11.1 Å². The quantitative estimate of drug-likeness (QED) is 0.831. The van der Waals surface area contributed by atoms with Crippen LogP contribution >= 0.6 is 0 Å².